The molecule has 0 saturated heterocycles. The van der Waals surface area contributed by atoms with E-state index >= 15 is 0 Å². The first-order valence-corrected chi connectivity index (χ1v) is 3.52. The molecule has 0 rings (SSSR count). The summed E-state index contributed by atoms with van der Waals surface area (Å²) >= 11 is 0. The van der Waals surface area contributed by atoms with Crippen LogP contribution in [0, 0.1) is 5.92 Å². The van der Waals surface area contributed by atoms with Crippen molar-refractivity contribution < 1.29 is 31.5 Å². The van der Waals surface area contributed by atoms with Gasteiger partial charge in [0.2, 0.25) is 11.8 Å². The van der Waals surface area contributed by atoms with Crippen LogP contribution < -0.4 is 11.5 Å². The summed E-state index contributed by atoms with van der Waals surface area (Å²) in [6, 6.07) is 0. The number of carbonyl (C=O) groups excluding carboxylic acids is 2. The molecule has 2 amide bonds. The summed E-state index contributed by atoms with van der Waals surface area (Å²) in [5, 5.41) is 0. The summed E-state index contributed by atoms with van der Waals surface area (Å²) in [7, 11) is 0. The Morgan fingerprint density at radius 2 is 1.33 bits per heavy atom. The van der Waals surface area contributed by atoms with Crippen molar-refractivity contribution in [2.75, 3.05) is 0 Å². The molecule has 0 aromatic heterocycles. The second-order valence-corrected chi connectivity index (χ2v) is 2.76. The Balaban J connectivity index is 4.83. The lowest BCUT2D eigenvalue weighted by Gasteiger charge is -2.21. The predicted molar refractivity (Wildman–Crippen MR) is 37.5 cm³/mol. The summed E-state index contributed by atoms with van der Waals surface area (Å²) in [4.78, 5) is 20.7. The van der Waals surface area contributed by atoms with Gasteiger partial charge in [0, 0.05) is 6.42 Å². The van der Waals surface area contributed by atoms with E-state index in [-0.39, 0.29) is 0 Å². The third kappa shape index (κ3) is 3.33. The number of hydrogen-bond donors (Lipinski definition) is 2. The van der Waals surface area contributed by atoms with Crippen LogP contribution in [0.2, 0.25) is 0 Å². The Labute approximate surface area is 80.4 Å². The molecule has 0 aliphatic rings. The van der Waals surface area contributed by atoms with Crippen molar-refractivity contribution in [1.29, 1.82) is 0 Å². The molecular weight excluding hydrogens is 227 g/mol. The minimum atomic E-state index is -5.85. The van der Waals surface area contributed by atoms with E-state index in [0.29, 0.717) is 0 Å². The second kappa shape index (κ2) is 3.99. The van der Waals surface area contributed by atoms with E-state index in [2.05, 4.69) is 11.5 Å². The fourth-order valence-corrected chi connectivity index (χ4v) is 0.713. The van der Waals surface area contributed by atoms with E-state index in [9.17, 15) is 31.5 Å². The van der Waals surface area contributed by atoms with Crippen molar-refractivity contribution in [1.82, 2.24) is 0 Å². The molecule has 0 aromatic rings. The molecule has 0 bridgehead atoms. The first-order valence-electron chi connectivity index (χ1n) is 3.52. The maximum Gasteiger partial charge on any atom is 0.453 e. The molecule has 0 radical (unpaired) electrons. The van der Waals surface area contributed by atoms with Gasteiger partial charge < -0.3 is 11.5 Å². The van der Waals surface area contributed by atoms with Crippen molar-refractivity contribution in [3.8, 4) is 0 Å². The highest BCUT2D eigenvalue weighted by Gasteiger charge is 2.59. The van der Waals surface area contributed by atoms with E-state index in [1.165, 1.54) is 0 Å². The number of rotatable bonds is 4. The van der Waals surface area contributed by atoms with Crippen molar-refractivity contribution in [2.45, 2.75) is 18.5 Å². The third-order valence-electron chi connectivity index (χ3n) is 1.56. The van der Waals surface area contributed by atoms with E-state index in [1.54, 1.807) is 0 Å². The van der Waals surface area contributed by atoms with E-state index in [1.807, 2.05) is 0 Å². The summed E-state index contributed by atoms with van der Waals surface area (Å²) in [6.45, 7) is 0. The van der Waals surface area contributed by atoms with Crippen molar-refractivity contribution in [3.63, 3.8) is 0 Å². The van der Waals surface area contributed by atoms with Crippen molar-refractivity contribution >= 4 is 11.8 Å². The lowest BCUT2D eigenvalue weighted by atomic mass is 9.99. The maximum absolute atomic E-state index is 12.4. The first kappa shape index (κ1) is 13.6. The topological polar surface area (TPSA) is 86.2 Å². The summed E-state index contributed by atoms with van der Waals surface area (Å²) in [6.07, 6.45) is -7.92. The summed E-state index contributed by atoms with van der Waals surface area (Å²) < 4.78 is 59.7. The third-order valence-corrected chi connectivity index (χ3v) is 1.56. The normalized spacial score (nSPS) is 12.9. The lowest BCUT2D eigenvalue weighted by Crippen LogP contribution is -2.45. The van der Waals surface area contributed by atoms with Gasteiger partial charge in [0.15, 0.2) is 0 Å². The molecule has 0 saturated carbocycles. The number of primary amides is 2. The second-order valence-electron chi connectivity index (χ2n) is 2.76. The zero-order valence-electron chi connectivity index (χ0n) is 7.15. The Morgan fingerprint density at radius 3 is 1.53 bits per heavy atom. The predicted octanol–water partition coefficient (Wildman–Crippen LogP) is 0.161. The van der Waals surface area contributed by atoms with Gasteiger partial charge in [0.1, 0.15) is 5.92 Å². The Morgan fingerprint density at radius 1 is 1.00 bits per heavy atom. The van der Waals surface area contributed by atoms with Crippen LogP contribution >= 0.6 is 0 Å². The zero-order valence-corrected chi connectivity index (χ0v) is 7.15. The van der Waals surface area contributed by atoms with Gasteiger partial charge >= 0.3 is 12.1 Å². The molecule has 0 aliphatic carbocycles. The molecule has 0 heterocycles. The van der Waals surface area contributed by atoms with Gasteiger partial charge in [0.25, 0.3) is 0 Å². The van der Waals surface area contributed by atoms with Crippen LogP contribution in [0.1, 0.15) is 6.42 Å². The first-order chi connectivity index (χ1) is 6.49. The van der Waals surface area contributed by atoms with E-state index < -0.39 is 36.3 Å². The molecule has 0 atom stereocenters. The average Bonchev–Trinajstić information content (AvgIpc) is 1.96. The zero-order chi connectivity index (χ0) is 12.4. The molecule has 4 N–H and O–H groups in total. The molecular formula is C6H7F5N2O2. The highest BCUT2D eigenvalue weighted by atomic mass is 19.4. The minimum absolute atomic E-state index is 1.62. The molecule has 0 fully saturated rings. The van der Waals surface area contributed by atoms with Crippen LogP contribution in [0.5, 0.6) is 0 Å². The molecule has 0 unspecified atom stereocenters. The van der Waals surface area contributed by atoms with Crippen LogP contribution in [0.15, 0.2) is 0 Å². The Hall–Kier alpha value is -1.41. The number of alkyl halides is 5. The SMILES string of the molecule is NC(=O)C(CC(F)(F)C(F)(F)F)C(N)=O. The fourth-order valence-electron chi connectivity index (χ4n) is 0.713. The number of amides is 2. The molecule has 88 valence electrons. The Bertz CT molecular complexity index is 261. The Kier molecular flexibility index (Phi) is 3.61. The molecule has 0 aromatic carbocycles. The van der Waals surface area contributed by atoms with Gasteiger partial charge in [-0.2, -0.15) is 22.0 Å². The van der Waals surface area contributed by atoms with Crippen LogP contribution in [-0.4, -0.2) is 23.9 Å². The monoisotopic (exact) mass is 234 g/mol. The largest absolute Gasteiger partial charge is 0.453 e. The highest BCUT2D eigenvalue weighted by Crippen LogP contribution is 2.39. The maximum atomic E-state index is 12.4. The van der Waals surface area contributed by atoms with Crippen LogP contribution in [0.3, 0.4) is 0 Å². The number of nitrogens with two attached hydrogens (primary N) is 2. The standard InChI is InChI=1S/C6H7F5N2O2/c7-5(8,6(9,10)11)1-2(3(12)14)4(13)15/h2H,1H2,(H2,12,14)(H2,13,15). The van der Waals surface area contributed by atoms with Crippen LogP contribution in [-0.2, 0) is 9.59 Å². The number of halogens is 5. The van der Waals surface area contributed by atoms with Gasteiger partial charge in [-0.1, -0.05) is 0 Å². The van der Waals surface area contributed by atoms with Gasteiger partial charge in [-0.3, -0.25) is 9.59 Å². The highest BCUT2D eigenvalue weighted by molar-refractivity contribution is 5.98. The average molecular weight is 234 g/mol. The quantitative estimate of drug-likeness (QED) is 0.536. The van der Waals surface area contributed by atoms with Gasteiger partial charge in [-0.05, 0) is 0 Å². The smallest absolute Gasteiger partial charge is 0.369 e. The van der Waals surface area contributed by atoms with Gasteiger partial charge in [-0.25, -0.2) is 0 Å². The van der Waals surface area contributed by atoms with E-state index in [4.69, 9.17) is 0 Å². The van der Waals surface area contributed by atoms with E-state index in [0.717, 1.165) is 0 Å². The van der Waals surface area contributed by atoms with Crippen molar-refractivity contribution in [2.24, 2.45) is 17.4 Å². The number of hydrogen-bond acceptors (Lipinski definition) is 2. The molecule has 9 heteroatoms. The summed E-state index contributed by atoms with van der Waals surface area (Å²) in [5.41, 5.74) is 8.90. The van der Waals surface area contributed by atoms with Gasteiger partial charge in [0.05, 0.1) is 0 Å². The minimum Gasteiger partial charge on any atom is -0.369 e. The van der Waals surface area contributed by atoms with Gasteiger partial charge in [-0.15, -0.1) is 0 Å². The fraction of sp³-hybridized carbons (Fsp3) is 0.667. The van der Waals surface area contributed by atoms with Crippen molar-refractivity contribution in [3.05, 3.63) is 0 Å². The number of carbonyl (C=O) groups is 2. The molecule has 4 nitrogen and oxygen atoms in total. The van der Waals surface area contributed by atoms with Crippen LogP contribution in [0.4, 0.5) is 22.0 Å². The van der Waals surface area contributed by atoms with Crippen LogP contribution in [0.25, 0.3) is 0 Å². The molecule has 0 aliphatic heterocycles. The molecule has 0 spiro atoms. The lowest BCUT2D eigenvalue weighted by molar-refractivity contribution is -0.286. The summed E-state index contributed by atoms with van der Waals surface area (Å²) in [5.74, 6) is -10.8. The molecule has 15 heavy (non-hydrogen) atoms.